The summed E-state index contributed by atoms with van der Waals surface area (Å²) in [5, 5.41) is 6.24. The van der Waals surface area contributed by atoms with Gasteiger partial charge in [-0.1, -0.05) is 6.07 Å². The molecule has 22 heavy (non-hydrogen) atoms. The summed E-state index contributed by atoms with van der Waals surface area (Å²) in [5.41, 5.74) is 0.709. The zero-order valence-electron chi connectivity index (χ0n) is 12.4. The fraction of sp³-hybridized carbons (Fsp3) is 0.562. The minimum absolute atomic E-state index is 0.0184. The molecule has 6 heteroatoms. The van der Waals surface area contributed by atoms with E-state index in [1.165, 1.54) is 6.07 Å². The van der Waals surface area contributed by atoms with Crippen LogP contribution in [0.5, 0.6) is 0 Å². The zero-order valence-corrected chi connectivity index (χ0v) is 12.4. The first kappa shape index (κ1) is 15.4. The third kappa shape index (κ3) is 3.62. The Kier molecular flexibility index (Phi) is 4.69. The summed E-state index contributed by atoms with van der Waals surface area (Å²) in [5.74, 6) is -1.75. The molecule has 4 nitrogen and oxygen atoms in total. The van der Waals surface area contributed by atoms with E-state index in [1.54, 1.807) is 6.07 Å². The fourth-order valence-corrected chi connectivity index (χ4v) is 3.00. The van der Waals surface area contributed by atoms with Crippen LogP contribution in [-0.2, 0) is 4.79 Å². The van der Waals surface area contributed by atoms with Crippen LogP contribution in [0.15, 0.2) is 18.2 Å². The van der Waals surface area contributed by atoms with E-state index in [4.69, 9.17) is 0 Å². The number of nitrogens with one attached hydrogen (secondary N) is 2. The van der Waals surface area contributed by atoms with Gasteiger partial charge in [-0.05, 0) is 30.0 Å². The molecule has 2 fully saturated rings. The molecule has 1 aliphatic carbocycles. The Labute approximate surface area is 128 Å². The highest BCUT2D eigenvalue weighted by molar-refractivity contribution is 5.82. The van der Waals surface area contributed by atoms with Crippen LogP contribution in [0.25, 0.3) is 0 Å². The van der Waals surface area contributed by atoms with Crippen LogP contribution in [0, 0.1) is 17.6 Å². The first-order valence-electron chi connectivity index (χ1n) is 7.81. The number of hydrogen-bond donors (Lipinski definition) is 2. The lowest BCUT2D eigenvalue weighted by molar-refractivity contribution is -0.122. The van der Waals surface area contributed by atoms with Crippen LogP contribution >= 0.6 is 0 Å². The molecule has 0 spiro atoms. The van der Waals surface area contributed by atoms with Gasteiger partial charge in [-0.2, -0.15) is 0 Å². The van der Waals surface area contributed by atoms with Crippen molar-refractivity contribution in [2.24, 2.45) is 5.92 Å². The number of benzene rings is 1. The van der Waals surface area contributed by atoms with E-state index in [1.807, 2.05) is 0 Å². The van der Waals surface area contributed by atoms with Gasteiger partial charge in [0.1, 0.15) is 0 Å². The molecule has 1 aromatic carbocycles. The Morgan fingerprint density at radius 1 is 1.27 bits per heavy atom. The molecule has 2 atom stereocenters. The lowest BCUT2D eigenvalue weighted by Gasteiger charge is -2.27. The van der Waals surface area contributed by atoms with E-state index < -0.39 is 11.6 Å². The van der Waals surface area contributed by atoms with Gasteiger partial charge in [0.2, 0.25) is 5.91 Å². The van der Waals surface area contributed by atoms with E-state index in [2.05, 4.69) is 15.5 Å². The molecule has 1 saturated carbocycles. The van der Waals surface area contributed by atoms with Gasteiger partial charge in [0.05, 0.1) is 0 Å². The Morgan fingerprint density at radius 2 is 2.05 bits per heavy atom. The van der Waals surface area contributed by atoms with E-state index in [0.29, 0.717) is 18.5 Å². The number of halogens is 2. The van der Waals surface area contributed by atoms with Gasteiger partial charge in [-0.3, -0.25) is 9.69 Å². The number of nitrogens with zero attached hydrogens (tertiary/aromatic N) is 1. The summed E-state index contributed by atoms with van der Waals surface area (Å²) >= 11 is 0. The molecule has 0 bridgehead atoms. The maximum Gasteiger partial charge on any atom is 0.223 e. The van der Waals surface area contributed by atoms with Gasteiger partial charge in [0, 0.05) is 45.2 Å². The van der Waals surface area contributed by atoms with Gasteiger partial charge >= 0.3 is 0 Å². The van der Waals surface area contributed by atoms with Crippen molar-refractivity contribution in [2.45, 2.75) is 12.3 Å². The summed E-state index contributed by atoms with van der Waals surface area (Å²) < 4.78 is 26.1. The molecule has 1 aliphatic heterocycles. The summed E-state index contributed by atoms with van der Waals surface area (Å²) in [6.45, 7) is 5.51. The highest BCUT2D eigenvalue weighted by atomic mass is 19.2. The average Bonchev–Trinajstić information content (AvgIpc) is 3.32. The maximum atomic E-state index is 13.2. The van der Waals surface area contributed by atoms with Crippen molar-refractivity contribution in [3.05, 3.63) is 35.4 Å². The normalized spacial score (nSPS) is 25.0. The van der Waals surface area contributed by atoms with E-state index in [-0.39, 0.29) is 17.7 Å². The van der Waals surface area contributed by atoms with Crippen LogP contribution < -0.4 is 10.6 Å². The molecule has 1 aromatic rings. The maximum absolute atomic E-state index is 13.2. The van der Waals surface area contributed by atoms with Crippen LogP contribution in [0.3, 0.4) is 0 Å². The highest BCUT2D eigenvalue weighted by Crippen LogP contribution is 2.47. The van der Waals surface area contributed by atoms with Crippen molar-refractivity contribution in [3.63, 3.8) is 0 Å². The number of carbonyl (C=O) groups excluding carboxylic acids is 1. The minimum atomic E-state index is -0.846. The molecule has 2 aliphatic rings. The molecule has 1 saturated heterocycles. The smallest absolute Gasteiger partial charge is 0.223 e. The summed E-state index contributed by atoms with van der Waals surface area (Å²) in [4.78, 5) is 14.4. The second-order valence-corrected chi connectivity index (χ2v) is 6.00. The Hall–Kier alpha value is -1.53. The Bertz CT molecular complexity index is 546. The van der Waals surface area contributed by atoms with Crippen LogP contribution in [0.2, 0.25) is 0 Å². The topological polar surface area (TPSA) is 44.4 Å². The van der Waals surface area contributed by atoms with Crippen molar-refractivity contribution in [1.82, 2.24) is 15.5 Å². The molecular weight excluding hydrogens is 288 g/mol. The van der Waals surface area contributed by atoms with Crippen LogP contribution in [0.4, 0.5) is 8.78 Å². The number of rotatable bonds is 5. The largest absolute Gasteiger partial charge is 0.355 e. The number of hydrogen-bond acceptors (Lipinski definition) is 3. The monoisotopic (exact) mass is 309 g/mol. The van der Waals surface area contributed by atoms with Crippen molar-refractivity contribution in [1.29, 1.82) is 0 Å². The molecule has 120 valence electrons. The first-order valence-corrected chi connectivity index (χ1v) is 7.81. The van der Waals surface area contributed by atoms with Crippen molar-refractivity contribution < 1.29 is 13.6 Å². The molecule has 1 heterocycles. The molecule has 3 rings (SSSR count). The quantitative estimate of drug-likeness (QED) is 0.856. The van der Waals surface area contributed by atoms with Crippen LogP contribution in [-0.4, -0.2) is 50.1 Å². The standard InChI is InChI=1S/C16H21F2N3O/c17-14-2-1-11(9-15(14)18)12-10-13(12)16(22)20-5-8-21-6-3-19-4-7-21/h1-2,9,12-13,19H,3-8,10H2,(H,20,22). The van der Waals surface area contributed by atoms with E-state index >= 15 is 0 Å². The summed E-state index contributed by atoms with van der Waals surface area (Å²) in [7, 11) is 0. The molecule has 0 radical (unpaired) electrons. The van der Waals surface area contributed by atoms with E-state index in [0.717, 1.165) is 38.8 Å². The predicted octanol–water partition coefficient (Wildman–Crippen LogP) is 1.09. The molecule has 1 amide bonds. The lowest BCUT2D eigenvalue weighted by Crippen LogP contribution is -2.46. The summed E-state index contributed by atoms with van der Waals surface area (Å²) in [6, 6.07) is 3.90. The van der Waals surface area contributed by atoms with Gasteiger partial charge in [0.15, 0.2) is 11.6 Å². The number of piperazine rings is 1. The third-order valence-electron chi connectivity index (χ3n) is 4.44. The van der Waals surface area contributed by atoms with Gasteiger partial charge in [-0.25, -0.2) is 8.78 Å². The zero-order chi connectivity index (χ0) is 15.5. The van der Waals surface area contributed by atoms with Crippen molar-refractivity contribution >= 4 is 5.91 Å². The van der Waals surface area contributed by atoms with Gasteiger partial charge in [-0.15, -0.1) is 0 Å². The average molecular weight is 309 g/mol. The third-order valence-corrected chi connectivity index (χ3v) is 4.44. The second-order valence-electron chi connectivity index (χ2n) is 6.00. The Morgan fingerprint density at radius 3 is 2.77 bits per heavy atom. The molecular formula is C16H21F2N3O. The second kappa shape index (κ2) is 6.71. The Balaban J connectivity index is 1.43. The summed E-state index contributed by atoms with van der Waals surface area (Å²) in [6.07, 6.45) is 0.713. The van der Waals surface area contributed by atoms with Crippen LogP contribution in [0.1, 0.15) is 17.9 Å². The fourth-order valence-electron chi connectivity index (χ4n) is 3.00. The van der Waals surface area contributed by atoms with Gasteiger partial charge < -0.3 is 10.6 Å². The SMILES string of the molecule is O=C(NCCN1CCNCC1)C1CC1c1ccc(F)c(F)c1. The number of carbonyl (C=O) groups is 1. The van der Waals surface area contributed by atoms with E-state index in [9.17, 15) is 13.6 Å². The minimum Gasteiger partial charge on any atom is -0.355 e. The van der Waals surface area contributed by atoms with Crippen molar-refractivity contribution in [3.8, 4) is 0 Å². The van der Waals surface area contributed by atoms with Gasteiger partial charge in [0.25, 0.3) is 0 Å². The first-order chi connectivity index (χ1) is 10.6. The molecule has 2 unspecified atom stereocenters. The lowest BCUT2D eigenvalue weighted by atomic mass is 10.1. The number of amides is 1. The molecule has 2 N–H and O–H groups in total. The van der Waals surface area contributed by atoms with Crippen molar-refractivity contribution in [2.75, 3.05) is 39.3 Å². The predicted molar refractivity (Wildman–Crippen MR) is 79.5 cm³/mol. The molecule has 0 aromatic heterocycles. The highest BCUT2D eigenvalue weighted by Gasteiger charge is 2.44.